The number of hydrogen-bond acceptors (Lipinski definition) is 4. The number of carbonyl (C=O) groups is 1. The Morgan fingerprint density at radius 3 is 2.47 bits per heavy atom. The van der Waals surface area contributed by atoms with Crippen molar-refractivity contribution in [3.8, 4) is 0 Å². The number of nitrogens with two attached hydrogens (primary N) is 1. The molecule has 0 bridgehead atoms. The van der Waals surface area contributed by atoms with Crippen LogP contribution in [0.15, 0.2) is 0 Å². The zero-order chi connectivity index (χ0) is 11.8. The summed E-state index contributed by atoms with van der Waals surface area (Å²) in [4.78, 5) is 15.0. The molecule has 0 aliphatic rings. The lowest BCUT2D eigenvalue weighted by Gasteiger charge is -2.24. The first kappa shape index (κ1) is 14.3. The molecule has 0 aromatic rings. The number of nitrogens with zero attached hydrogens (tertiary/aromatic N) is 2. The van der Waals surface area contributed by atoms with Crippen LogP contribution in [0.4, 0.5) is 0 Å². The molecular weight excluding hydrogens is 194 g/mol. The lowest BCUT2D eigenvalue weighted by molar-refractivity contribution is -0.130. The van der Waals surface area contributed by atoms with E-state index >= 15 is 0 Å². The van der Waals surface area contributed by atoms with E-state index in [0.717, 1.165) is 13.0 Å². The fourth-order valence-corrected chi connectivity index (χ4v) is 1.26. The number of aliphatic hydroxyl groups excluding tert-OH is 1. The van der Waals surface area contributed by atoms with Gasteiger partial charge in [0.25, 0.3) is 0 Å². The minimum atomic E-state index is -0.550. The highest BCUT2D eigenvalue weighted by Gasteiger charge is 2.14. The monoisotopic (exact) mass is 217 g/mol. The van der Waals surface area contributed by atoms with E-state index in [2.05, 4.69) is 0 Å². The molecule has 0 aromatic carbocycles. The molecule has 0 spiro atoms. The van der Waals surface area contributed by atoms with Gasteiger partial charge in [-0.1, -0.05) is 6.92 Å². The molecule has 90 valence electrons. The molecular formula is C10H23N3O2. The minimum absolute atomic E-state index is 0.0488. The quantitative estimate of drug-likeness (QED) is 0.580. The van der Waals surface area contributed by atoms with Crippen LogP contribution >= 0.6 is 0 Å². The number of amides is 1. The number of likely N-dealkylation sites (N-methyl/N-ethyl adjacent to an activating group) is 1. The fraction of sp³-hybridized carbons (Fsp3) is 0.900. The maximum absolute atomic E-state index is 11.5. The van der Waals surface area contributed by atoms with Crippen LogP contribution in [-0.4, -0.2) is 67.2 Å². The minimum Gasteiger partial charge on any atom is -0.390 e. The Hall–Kier alpha value is -0.650. The Balaban J connectivity index is 4.08. The van der Waals surface area contributed by atoms with Gasteiger partial charge in [-0.05, 0) is 13.0 Å². The molecule has 0 aliphatic carbocycles. The summed E-state index contributed by atoms with van der Waals surface area (Å²) >= 11 is 0. The number of hydrogen-bond donors (Lipinski definition) is 2. The highest BCUT2D eigenvalue weighted by Crippen LogP contribution is 1.96. The second-order valence-electron chi connectivity index (χ2n) is 3.91. The van der Waals surface area contributed by atoms with Crippen molar-refractivity contribution in [3.05, 3.63) is 0 Å². The molecule has 0 saturated carbocycles. The van der Waals surface area contributed by atoms with Crippen molar-refractivity contribution in [1.82, 2.24) is 9.80 Å². The summed E-state index contributed by atoms with van der Waals surface area (Å²) in [6.07, 6.45) is 0.407. The van der Waals surface area contributed by atoms with Gasteiger partial charge in [-0.15, -0.1) is 0 Å². The van der Waals surface area contributed by atoms with Crippen LogP contribution in [-0.2, 0) is 4.79 Å². The van der Waals surface area contributed by atoms with Gasteiger partial charge in [0.2, 0.25) is 5.91 Å². The molecule has 5 heteroatoms. The van der Waals surface area contributed by atoms with Crippen molar-refractivity contribution in [3.63, 3.8) is 0 Å². The number of aliphatic hydroxyl groups is 1. The highest BCUT2D eigenvalue weighted by molar-refractivity contribution is 5.77. The smallest absolute Gasteiger partial charge is 0.236 e. The first-order valence-corrected chi connectivity index (χ1v) is 5.31. The van der Waals surface area contributed by atoms with Crippen molar-refractivity contribution in [2.45, 2.75) is 19.4 Å². The van der Waals surface area contributed by atoms with Crippen LogP contribution < -0.4 is 5.73 Å². The second-order valence-corrected chi connectivity index (χ2v) is 3.91. The summed E-state index contributed by atoms with van der Waals surface area (Å²) in [6, 6.07) is 0. The molecule has 0 fully saturated rings. The summed E-state index contributed by atoms with van der Waals surface area (Å²) in [6.45, 7) is 3.89. The van der Waals surface area contributed by atoms with E-state index in [0.29, 0.717) is 13.1 Å². The number of carbonyl (C=O) groups excluding carboxylic acids is 1. The highest BCUT2D eigenvalue weighted by atomic mass is 16.3. The van der Waals surface area contributed by atoms with Crippen LogP contribution in [0, 0.1) is 0 Å². The molecule has 1 atom stereocenters. The molecule has 1 amide bonds. The Kier molecular flexibility index (Phi) is 7.29. The van der Waals surface area contributed by atoms with Crippen LogP contribution in [0.25, 0.3) is 0 Å². The Labute approximate surface area is 91.8 Å². The largest absolute Gasteiger partial charge is 0.390 e. The maximum Gasteiger partial charge on any atom is 0.236 e. The van der Waals surface area contributed by atoms with Gasteiger partial charge in [0, 0.05) is 27.2 Å². The Bertz CT molecular complexity index is 186. The third kappa shape index (κ3) is 6.43. The van der Waals surface area contributed by atoms with Gasteiger partial charge in [0.15, 0.2) is 0 Å². The first-order chi connectivity index (χ1) is 7.01. The second kappa shape index (κ2) is 7.62. The number of rotatable bonds is 7. The molecule has 3 N–H and O–H groups in total. The standard InChI is InChI=1S/C10H23N3O2/c1-4-5-13(7-9(14)6-11)8-10(15)12(2)3/h9,14H,4-8,11H2,1-3H3. The maximum atomic E-state index is 11.5. The van der Waals surface area contributed by atoms with Gasteiger partial charge in [-0.3, -0.25) is 9.69 Å². The van der Waals surface area contributed by atoms with Gasteiger partial charge >= 0.3 is 0 Å². The third-order valence-electron chi connectivity index (χ3n) is 2.14. The SMILES string of the molecule is CCCN(CC(=O)N(C)C)CC(O)CN. The molecule has 0 rings (SSSR count). The molecule has 0 heterocycles. The van der Waals surface area contributed by atoms with E-state index in [4.69, 9.17) is 5.73 Å². The predicted octanol–water partition coefficient (Wildman–Crippen LogP) is -0.894. The van der Waals surface area contributed by atoms with Gasteiger partial charge in [0.1, 0.15) is 0 Å². The topological polar surface area (TPSA) is 69.8 Å². The van der Waals surface area contributed by atoms with E-state index < -0.39 is 6.10 Å². The van der Waals surface area contributed by atoms with Crippen molar-refractivity contribution in [2.75, 3.05) is 40.3 Å². The molecule has 0 aromatic heterocycles. The average molecular weight is 217 g/mol. The first-order valence-electron chi connectivity index (χ1n) is 5.31. The Morgan fingerprint density at radius 1 is 1.47 bits per heavy atom. The summed E-state index contributed by atoms with van der Waals surface area (Å²) in [7, 11) is 3.46. The summed E-state index contributed by atoms with van der Waals surface area (Å²) in [5.74, 6) is 0.0488. The molecule has 5 nitrogen and oxygen atoms in total. The van der Waals surface area contributed by atoms with Gasteiger partial charge in [-0.2, -0.15) is 0 Å². The average Bonchev–Trinajstić information content (AvgIpc) is 2.17. The van der Waals surface area contributed by atoms with Crippen LogP contribution in [0.1, 0.15) is 13.3 Å². The third-order valence-corrected chi connectivity index (χ3v) is 2.14. The van der Waals surface area contributed by atoms with Crippen LogP contribution in [0.2, 0.25) is 0 Å². The fourth-order valence-electron chi connectivity index (χ4n) is 1.26. The lowest BCUT2D eigenvalue weighted by atomic mass is 10.3. The van der Waals surface area contributed by atoms with Gasteiger partial charge in [-0.25, -0.2) is 0 Å². The van der Waals surface area contributed by atoms with E-state index in [1.54, 1.807) is 19.0 Å². The zero-order valence-corrected chi connectivity index (χ0v) is 9.94. The Morgan fingerprint density at radius 2 is 2.07 bits per heavy atom. The zero-order valence-electron chi connectivity index (χ0n) is 9.94. The van der Waals surface area contributed by atoms with E-state index in [9.17, 15) is 9.90 Å². The van der Waals surface area contributed by atoms with Gasteiger partial charge < -0.3 is 15.7 Å². The summed E-state index contributed by atoms with van der Waals surface area (Å²) in [5.41, 5.74) is 5.34. The van der Waals surface area contributed by atoms with Crippen molar-refractivity contribution in [2.24, 2.45) is 5.73 Å². The molecule has 1 unspecified atom stereocenters. The van der Waals surface area contributed by atoms with E-state index in [-0.39, 0.29) is 12.5 Å². The van der Waals surface area contributed by atoms with Crippen LogP contribution in [0.5, 0.6) is 0 Å². The lowest BCUT2D eigenvalue weighted by Crippen LogP contribution is -2.42. The van der Waals surface area contributed by atoms with E-state index in [1.165, 1.54) is 0 Å². The molecule has 15 heavy (non-hydrogen) atoms. The summed E-state index contributed by atoms with van der Waals surface area (Å²) in [5, 5.41) is 9.41. The molecule has 0 radical (unpaired) electrons. The van der Waals surface area contributed by atoms with Crippen LogP contribution in [0.3, 0.4) is 0 Å². The normalized spacial score (nSPS) is 12.9. The van der Waals surface area contributed by atoms with Crippen molar-refractivity contribution >= 4 is 5.91 Å². The van der Waals surface area contributed by atoms with Crippen molar-refractivity contribution < 1.29 is 9.90 Å². The predicted molar refractivity (Wildman–Crippen MR) is 60.5 cm³/mol. The summed E-state index contributed by atoms with van der Waals surface area (Å²) < 4.78 is 0. The van der Waals surface area contributed by atoms with Gasteiger partial charge in [0.05, 0.1) is 12.6 Å². The molecule has 0 aliphatic heterocycles. The van der Waals surface area contributed by atoms with E-state index in [1.807, 2.05) is 11.8 Å². The molecule has 0 saturated heterocycles. The van der Waals surface area contributed by atoms with Crippen molar-refractivity contribution in [1.29, 1.82) is 0 Å².